The van der Waals surface area contributed by atoms with Crippen molar-refractivity contribution in [3.05, 3.63) is 71.0 Å². The molecule has 3 aromatic heterocycles. The number of aromatic nitrogens is 1. The number of carbonyl (C=O) groups excluding carboxylic acids is 1. The summed E-state index contributed by atoms with van der Waals surface area (Å²) in [6.45, 7) is 0.459. The van der Waals surface area contributed by atoms with Gasteiger partial charge in [0.25, 0.3) is 0 Å². The predicted molar refractivity (Wildman–Crippen MR) is 87.1 cm³/mol. The number of hydrogen-bond acceptors (Lipinski definition) is 4. The Morgan fingerprint density at radius 2 is 2.32 bits per heavy atom. The highest BCUT2D eigenvalue weighted by Crippen LogP contribution is 2.20. The van der Waals surface area contributed by atoms with E-state index in [0.29, 0.717) is 12.3 Å². The standard InChI is InChI=1S/C17H14N2O2S/c20-17(4-3-15-2-1-8-21-15)19-11-13-5-7-18-16(10-13)14-6-9-22-12-14/h1-10,12H,11H2,(H,19,20). The number of nitrogens with zero attached hydrogens (tertiary/aromatic N) is 1. The molecule has 3 rings (SSSR count). The maximum atomic E-state index is 11.8. The van der Waals surface area contributed by atoms with Crippen molar-refractivity contribution in [3.8, 4) is 11.3 Å². The first-order valence-corrected chi connectivity index (χ1v) is 7.72. The third-order valence-corrected chi connectivity index (χ3v) is 3.73. The van der Waals surface area contributed by atoms with E-state index < -0.39 is 0 Å². The van der Waals surface area contributed by atoms with Crippen molar-refractivity contribution in [3.63, 3.8) is 0 Å². The molecule has 0 atom stereocenters. The van der Waals surface area contributed by atoms with Crippen molar-refractivity contribution in [1.29, 1.82) is 0 Å². The van der Waals surface area contributed by atoms with Crippen LogP contribution in [-0.2, 0) is 11.3 Å². The topological polar surface area (TPSA) is 55.1 Å². The average Bonchev–Trinajstić information content (AvgIpc) is 3.24. The summed E-state index contributed by atoms with van der Waals surface area (Å²) in [4.78, 5) is 16.1. The van der Waals surface area contributed by atoms with E-state index >= 15 is 0 Å². The molecule has 1 amide bonds. The van der Waals surface area contributed by atoms with Crippen LogP contribution in [0.5, 0.6) is 0 Å². The van der Waals surface area contributed by atoms with Crippen LogP contribution in [0.2, 0.25) is 0 Å². The zero-order valence-corrected chi connectivity index (χ0v) is 12.5. The largest absolute Gasteiger partial charge is 0.465 e. The van der Waals surface area contributed by atoms with Crippen LogP contribution in [0, 0.1) is 0 Å². The molecular formula is C17H14N2O2S. The van der Waals surface area contributed by atoms with Gasteiger partial charge < -0.3 is 9.73 Å². The average molecular weight is 310 g/mol. The molecule has 0 aromatic carbocycles. The summed E-state index contributed by atoms with van der Waals surface area (Å²) in [5, 5.41) is 6.91. The monoisotopic (exact) mass is 310 g/mol. The molecule has 0 aliphatic heterocycles. The van der Waals surface area contributed by atoms with Crippen LogP contribution in [0.4, 0.5) is 0 Å². The van der Waals surface area contributed by atoms with Crippen molar-refractivity contribution in [2.75, 3.05) is 0 Å². The summed E-state index contributed by atoms with van der Waals surface area (Å²) in [7, 11) is 0. The molecule has 1 N–H and O–H groups in total. The molecule has 0 saturated carbocycles. The van der Waals surface area contributed by atoms with Gasteiger partial charge in [0, 0.05) is 29.8 Å². The quantitative estimate of drug-likeness (QED) is 0.731. The van der Waals surface area contributed by atoms with Crippen LogP contribution in [0.25, 0.3) is 17.3 Å². The summed E-state index contributed by atoms with van der Waals surface area (Å²) in [5.41, 5.74) is 3.02. The zero-order valence-electron chi connectivity index (χ0n) is 11.7. The number of hydrogen-bond donors (Lipinski definition) is 1. The van der Waals surface area contributed by atoms with Gasteiger partial charge in [0.1, 0.15) is 5.76 Å². The molecule has 0 aliphatic carbocycles. The van der Waals surface area contributed by atoms with E-state index in [0.717, 1.165) is 16.8 Å². The van der Waals surface area contributed by atoms with Crippen molar-refractivity contribution >= 4 is 23.3 Å². The highest BCUT2D eigenvalue weighted by molar-refractivity contribution is 7.08. The van der Waals surface area contributed by atoms with Gasteiger partial charge in [-0.3, -0.25) is 9.78 Å². The summed E-state index contributed by atoms with van der Waals surface area (Å²) in [5.74, 6) is 0.490. The van der Waals surface area contributed by atoms with Gasteiger partial charge >= 0.3 is 0 Å². The van der Waals surface area contributed by atoms with E-state index in [9.17, 15) is 4.79 Å². The van der Waals surface area contributed by atoms with E-state index in [2.05, 4.69) is 15.7 Å². The molecule has 5 heteroatoms. The molecule has 3 aromatic rings. The molecule has 3 heterocycles. The van der Waals surface area contributed by atoms with E-state index in [1.165, 1.54) is 6.08 Å². The second kappa shape index (κ2) is 6.87. The second-order valence-electron chi connectivity index (χ2n) is 4.63. The molecule has 0 bridgehead atoms. The van der Waals surface area contributed by atoms with Crippen molar-refractivity contribution < 1.29 is 9.21 Å². The maximum Gasteiger partial charge on any atom is 0.244 e. The minimum atomic E-state index is -0.162. The molecule has 0 aliphatic rings. The lowest BCUT2D eigenvalue weighted by molar-refractivity contribution is -0.116. The fraction of sp³-hybridized carbons (Fsp3) is 0.0588. The van der Waals surface area contributed by atoms with E-state index in [-0.39, 0.29) is 5.91 Å². The lowest BCUT2D eigenvalue weighted by atomic mass is 10.1. The lowest BCUT2D eigenvalue weighted by Crippen LogP contribution is -2.20. The molecule has 110 valence electrons. The SMILES string of the molecule is O=C(C=Cc1ccco1)NCc1ccnc(-c2ccsc2)c1. The predicted octanol–water partition coefficient (Wildman–Crippen LogP) is 3.73. The second-order valence-corrected chi connectivity index (χ2v) is 5.41. The van der Waals surface area contributed by atoms with Crippen molar-refractivity contribution in [2.45, 2.75) is 6.54 Å². The van der Waals surface area contributed by atoms with Crippen LogP contribution in [0.1, 0.15) is 11.3 Å². The number of rotatable bonds is 5. The summed E-state index contributed by atoms with van der Waals surface area (Å²) in [6, 6.07) is 9.48. The van der Waals surface area contributed by atoms with E-state index in [4.69, 9.17) is 4.42 Å². The van der Waals surface area contributed by atoms with Gasteiger partial charge in [0.15, 0.2) is 0 Å². The maximum absolute atomic E-state index is 11.8. The molecule has 22 heavy (non-hydrogen) atoms. The third kappa shape index (κ3) is 3.71. The number of pyridine rings is 1. The van der Waals surface area contributed by atoms with Gasteiger partial charge in [0.2, 0.25) is 5.91 Å². The zero-order chi connectivity index (χ0) is 15.2. The van der Waals surface area contributed by atoms with Crippen molar-refractivity contribution in [2.24, 2.45) is 0 Å². The van der Waals surface area contributed by atoms with Gasteiger partial charge in [-0.2, -0.15) is 11.3 Å². The Labute approximate surface area is 132 Å². The van der Waals surface area contributed by atoms with Crippen LogP contribution in [-0.4, -0.2) is 10.9 Å². The van der Waals surface area contributed by atoms with Gasteiger partial charge in [0.05, 0.1) is 12.0 Å². The Morgan fingerprint density at radius 3 is 3.09 bits per heavy atom. The van der Waals surface area contributed by atoms with E-state index in [1.54, 1.807) is 42.0 Å². The van der Waals surface area contributed by atoms with Crippen LogP contribution in [0.3, 0.4) is 0 Å². The Bertz CT molecular complexity index is 762. The third-order valence-electron chi connectivity index (χ3n) is 3.05. The number of furan rings is 1. The van der Waals surface area contributed by atoms with Crippen LogP contribution < -0.4 is 5.32 Å². The van der Waals surface area contributed by atoms with E-state index in [1.807, 2.05) is 23.6 Å². The molecule has 0 unspecified atom stereocenters. The van der Waals surface area contributed by atoms with Crippen molar-refractivity contribution in [1.82, 2.24) is 10.3 Å². The smallest absolute Gasteiger partial charge is 0.244 e. The highest BCUT2D eigenvalue weighted by atomic mass is 32.1. The summed E-state index contributed by atoms with van der Waals surface area (Å²) in [6.07, 6.45) is 6.42. The van der Waals surface area contributed by atoms with Gasteiger partial charge in [-0.05, 0) is 47.4 Å². The fourth-order valence-electron chi connectivity index (χ4n) is 1.94. The minimum Gasteiger partial charge on any atom is -0.465 e. The first-order chi connectivity index (χ1) is 10.8. The first-order valence-electron chi connectivity index (χ1n) is 6.78. The Morgan fingerprint density at radius 1 is 1.36 bits per heavy atom. The number of nitrogens with one attached hydrogen (secondary N) is 1. The normalized spacial score (nSPS) is 10.9. The minimum absolute atomic E-state index is 0.162. The van der Waals surface area contributed by atoms with Crippen LogP contribution >= 0.6 is 11.3 Å². The summed E-state index contributed by atoms with van der Waals surface area (Å²) < 4.78 is 5.13. The Balaban J connectivity index is 1.59. The molecular weight excluding hydrogens is 296 g/mol. The number of amides is 1. The lowest BCUT2D eigenvalue weighted by Gasteiger charge is -2.04. The number of thiophene rings is 1. The molecule has 0 saturated heterocycles. The molecule has 4 nitrogen and oxygen atoms in total. The number of carbonyl (C=O) groups is 1. The first kappa shape index (κ1) is 14.3. The Kier molecular flexibility index (Phi) is 4.46. The molecule has 0 spiro atoms. The highest BCUT2D eigenvalue weighted by Gasteiger charge is 2.02. The molecule has 0 radical (unpaired) electrons. The fourth-order valence-corrected chi connectivity index (χ4v) is 2.59. The molecule has 0 fully saturated rings. The Hall–Kier alpha value is -2.66. The van der Waals surface area contributed by atoms with Gasteiger partial charge in [-0.15, -0.1) is 0 Å². The van der Waals surface area contributed by atoms with Gasteiger partial charge in [-0.25, -0.2) is 0 Å². The summed E-state index contributed by atoms with van der Waals surface area (Å²) >= 11 is 1.64. The van der Waals surface area contributed by atoms with Crippen LogP contribution in [0.15, 0.2) is 64.0 Å². The van der Waals surface area contributed by atoms with Gasteiger partial charge in [-0.1, -0.05) is 0 Å².